The van der Waals surface area contributed by atoms with Crippen LogP contribution in [0.25, 0.3) is 0 Å². The average molecular weight is 283 g/mol. The Hall–Kier alpha value is -0.610. The molecule has 0 bridgehead atoms. The van der Waals surface area contributed by atoms with Crippen LogP contribution >= 0.6 is 0 Å². The highest BCUT2D eigenvalue weighted by molar-refractivity contribution is 5.76. The summed E-state index contributed by atoms with van der Waals surface area (Å²) in [5.74, 6) is 1.43. The summed E-state index contributed by atoms with van der Waals surface area (Å²) in [6.45, 7) is 15.7. The van der Waals surface area contributed by atoms with Gasteiger partial charge in [0.1, 0.15) is 0 Å². The first kappa shape index (κ1) is 17.4. The minimum Gasteiger partial charge on any atom is -0.341 e. The maximum atomic E-state index is 12.5. The lowest BCUT2D eigenvalue weighted by Crippen LogP contribution is -2.41. The van der Waals surface area contributed by atoms with E-state index in [9.17, 15) is 4.79 Å². The molecule has 118 valence electrons. The predicted octanol–water partition coefficient (Wildman–Crippen LogP) is 1.81. The summed E-state index contributed by atoms with van der Waals surface area (Å²) >= 11 is 0. The van der Waals surface area contributed by atoms with Gasteiger partial charge in [-0.05, 0) is 44.4 Å². The van der Waals surface area contributed by atoms with Crippen molar-refractivity contribution in [1.82, 2.24) is 15.1 Å². The monoisotopic (exact) mass is 283 g/mol. The summed E-state index contributed by atoms with van der Waals surface area (Å²) in [7, 11) is 0. The molecule has 1 fully saturated rings. The van der Waals surface area contributed by atoms with Gasteiger partial charge in [0.25, 0.3) is 0 Å². The van der Waals surface area contributed by atoms with Gasteiger partial charge in [-0.3, -0.25) is 4.79 Å². The Morgan fingerprint density at radius 1 is 1.25 bits per heavy atom. The van der Waals surface area contributed by atoms with Crippen molar-refractivity contribution in [3.8, 4) is 0 Å². The van der Waals surface area contributed by atoms with Crippen molar-refractivity contribution in [3.63, 3.8) is 0 Å². The Morgan fingerprint density at radius 3 is 2.45 bits per heavy atom. The third kappa shape index (κ3) is 6.23. The second-order valence-corrected chi connectivity index (χ2v) is 6.32. The molecule has 4 heteroatoms. The van der Waals surface area contributed by atoms with Crippen molar-refractivity contribution >= 4 is 5.91 Å². The molecule has 1 atom stereocenters. The average Bonchev–Trinajstić information content (AvgIpc) is 2.90. The molecule has 4 nitrogen and oxygen atoms in total. The van der Waals surface area contributed by atoms with Crippen LogP contribution in [0.2, 0.25) is 0 Å². The van der Waals surface area contributed by atoms with E-state index in [0.29, 0.717) is 17.7 Å². The molecule has 1 rings (SSSR count). The van der Waals surface area contributed by atoms with E-state index in [1.165, 1.54) is 0 Å². The largest absolute Gasteiger partial charge is 0.341 e. The summed E-state index contributed by atoms with van der Waals surface area (Å²) in [5, 5.41) is 3.35. The molecule has 1 aliphatic heterocycles. The summed E-state index contributed by atoms with van der Waals surface area (Å²) in [6.07, 6.45) is 1.87. The SMILES string of the molecule is CCN(CC)CCN(CC(C)C)C(=O)CC1CCNC1. The number of nitrogens with one attached hydrogen (secondary N) is 1. The van der Waals surface area contributed by atoms with E-state index in [-0.39, 0.29) is 0 Å². The molecule has 1 N–H and O–H groups in total. The standard InChI is InChI=1S/C16H33N3O/c1-5-18(6-2)9-10-19(13-14(3)4)16(20)11-15-7-8-17-12-15/h14-15,17H,5-13H2,1-4H3. The quantitative estimate of drug-likeness (QED) is 0.701. The molecule has 1 aliphatic rings. The second kappa shape index (κ2) is 9.35. The van der Waals surface area contributed by atoms with Crippen LogP contribution in [-0.4, -0.2) is 61.5 Å². The first-order valence-electron chi connectivity index (χ1n) is 8.27. The molecule has 0 aromatic heterocycles. The fourth-order valence-electron chi connectivity index (χ4n) is 2.83. The molecule has 1 saturated heterocycles. The number of nitrogens with zero attached hydrogens (tertiary/aromatic N) is 2. The topological polar surface area (TPSA) is 35.6 Å². The number of amides is 1. The van der Waals surface area contributed by atoms with Crippen LogP contribution in [0, 0.1) is 11.8 Å². The molecular formula is C16H33N3O. The summed E-state index contributed by atoms with van der Waals surface area (Å²) in [4.78, 5) is 17.0. The van der Waals surface area contributed by atoms with Crippen LogP contribution in [0.3, 0.4) is 0 Å². The lowest BCUT2D eigenvalue weighted by Gasteiger charge is -2.28. The molecule has 1 heterocycles. The zero-order chi connectivity index (χ0) is 15.0. The van der Waals surface area contributed by atoms with Crippen molar-refractivity contribution in [2.45, 2.75) is 40.5 Å². The van der Waals surface area contributed by atoms with E-state index < -0.39 is 0 Å². The summed E-state index contributed by atoms with van der Waals surface area (Å²) in [5.41, 5.74) is 0. The Bertz CT molecular complexity index is 271. The van der Waals surface area contributed by atoms with Gasteiger partial charge in [-0.15, -0.1) is 0 Å². The third-order valence-corrected chi connectivity index (χ3v) is 4.14. The van der Waals surface area contributed by atoms with Crippen LogP contribution in [-0.2, 0) is 4.79 Å². The van der Waals surface area contributed by atoms with Crippen LogP contribution in [0.1, 0.15) is 40.5 Å². The van der Waals surface area contributed by atoms with E-state index in [4.69, 9.17) is 0 Å². The molecule has 0 aromatic carbocycles. The maximum Gasteiger partial charge on any atom is 0.222 e. The van der Waals surface area contributed by atoms with Crippen LogP contribution < -0.4 is 5.32 Å². The smallest absolute Gasteiger partial charge is 0.222 e. The van der Waals surface area contributed by atoms with E-state index in [0.717, 1.165) is 58.7 Å². The van der Waals surface area contributed by atoms with Crippen molar-refractivity contribution in [2.24, 2.45) is 11.8 Å². The molecule has 0 aliphatic carbocycles. The van der Waals surface area contributed by atoms with E-state index in [1.54, 1.807) is 0 Å². The van der Waals surface area contributed by atoms with Gasteiger partial charge >= 0.3 is 0 Å². The minimum absolute atomic E-state index is 0.347. The van der Waals surface area contributed by atoms with Gasteiger partial charge in [-0.1, -0.05) is 27.7 Å². The highest BCUT2D eigenvalue weighted by Crippen LogP contribution is 2.14. The lowest BCUT2D eigenvalue weighted by molar-refractivity contribution is -0.132. The molecule has 0 radical (unpaired) electrons. The Kier molecular flexibility index (Phi) is 8.15. The van der Waals surface area contributed by atoms with Gasteiger partial charge < -0.3 is 15.1 Å². The molecule has 20 heavy (non-hydrogen) atoms. The van der Waals surface area contributed by atoms with Gasteiger partial charge in [0.05, 0.1) is 0 Å². The third-order valence-electron chi connectivity index (χ3n) is 4.14. The number of hydrogen-bond donors (Lipinski definition) is 1. The van der Waals surface area contributed by atoms with Crippen molar-refractivity contribution in [1.29, 1.82) is 0 Å². The van der Waals surface area contributed by atoms with Gasteiger partial charge in [-0.25, -0.2) is 0 Å². The minimum atomic E-state index is 0.347. The fourth-order valence-corrected chi connectivity index (χ4v) is 2.83. The first-order chi connectivity index (χ1) is 9.56. The maximum absolute atomic E-state index is 12.5. The van der Waals surface area contributed by atoms with Gasteiger partial charge in [0.2, 0.25) is 5.91 Å². The Balaban J connectivity index is 2.46. The van der Waals surface area contributed by atoms with E-state index in [2.05, 4.69) is 42.8 Å². The molecule has 0 saturated carbocycles. The Morgan fingerprint density at radius 2 is 1.95 bits per heavy atom. The second-order valence-electron chi connectivity index (χ2n) is 6.32. The first-order valence-corrected chi connectivity index (χ1v) is 8.27. The highest BCUT2D eigenvalue weighted by atomic mass is 16.2. The van der Waals surface area contributed by atoms with Crippen LogP contribution in [0.5, 0.6) is 0 Å². The number of likely N-dealkylation sites (N-methyl/N-ethyl adjacent to an activating group) is 1. The number of hydrogen-bond acceptors (Lipinski definition) is 3. The highest BCUT2D eigenvalue weighted by Gasteiger charge is 2.22. The predicted molar refractivity (Wildman–Crippen MR) is 84.8 cm³/mol. The van der Waals surface area contributed by atoms with Gasteiger partial charge in [-0.2, -0.15) is 0 Å². The number of carbonyl (C=O) groups excluding carboxylic acids is 1. The van der Waals surface area contributed by atoms with Gasteiger partial charge in [0.15, 0.2) is 0 Å². The molecule has 0 aromatic rings. The summed E-state index contributed by atoms with van der Waals surface area (Å²) < 4.78 is 0. The number of rotatable bonds is 9. The van der Waals surface area contributed by atoms with E-state index >= 15 is 0 Å². The van der Waals surface area contributed by atoms with Crippen molar-refractivity contribution < 1.29 is 4.79 Å². The van der Waals surface area contributed by atoms with Gasteiger partial charge in [0, 0.05) is 26.1 Å². The molecule has 1 amide bonds. The molecular weight excluding hydrogens is 250 g/mol. The number of carbonyl (C=O) groups is 1. The lowest BCUT2D eigenvalue weighted by atomic mass is 10.0. The Labute approximate surface area is 124 Å². The normalized spacial score (nSPS) is 19.0. The summed E-state index contributed by atoms with van der Waals surface area (Å²) in [6, 6.07) is 0. The van der Waals surface area contributed by atoms with E-state index in [1.807, 2.05) is 0 Å². The van der Waals surface area contributed by atoms with Crippen molar-refractivity contribution in [3.05, 3.63) is 0 Å². The van der Waals surface area contributed by atoms with Crippen molar-refractivity contribution in [2.75, 3.05) is 45.8 Å². The zero-order valence-electron chi connectivity index (χ0n) is 13.8. The van der Waals surface area contributed by atoms with Crippen LogP contribution in [0.15, 0.2) is 0 Å². The zero-order valence-corrected chi connectivity index (χ0v) is 13.8. The molecule has 0 spiro atoms. The molecule has 1 unspecified atom stereocenters. The van der Waals surface area contributed by atoms with Crippen LogP contribution in [0.4, 0.5) is 0 Å². The fraction of sp³-hybridized carbons (Fsp3) is 0.938.